The molecule has 0 radical (unpaired) electrons. The zero-order valence-corrected chi connectivity index (χ0v) is 13.1. The van der Waals surface area contributed by atoms with Crippen LogP contribution in [0.2, 0.25) is 0 Å². The molecule has 1 aromatic rings. The standard InChI is InChI=1S/C15H21NO3S/c1-12-10-13(6-5-9-17)7-8-14(12)16-20(18,19)11-15(2,3)4/h7-8,10,16-17H,9,11H2,1-4H3. The molecular weight excluding hydrogens is 274 g/mol. The Hall–Kier alpha value is -1.51. The predicted molar refractivity (Wildman–Crippen MR) is 82.0 cm³/mol. The molecular formula is C15H21NO3S. The molecule has 5 heteroatoms. The first-order chi connectivity index (χ1) is 9.13. The van der Waals surface area contributed by atoms with Crippen LogP contribution in [0.5, 0.6) is 0 Å². The Morgan fingerprint density at radius 3 is 2.45 bits per heavy atom. The van der Waals surface area contributed by atoms with Crippen LogP contribution in [-0.2, 0) is 10.0 Å². The molecule has 1 aromatic carbocycles. The maximum Gasteiger partial charge on any atom is 0.233 e. The zero-order valence-electron chi connectivity index (χ0n) is 12.3. The first kappa shape index (κ1) is 16.5. The monoisotopic (exact) mass is 295 g/mol. The molecule has 0 saturated heterocycles. The van der Waals surface area contributed by atoms with E-state index in [1.807, 2.05) is 27.7 Å². The van der Waals surface area contributed by atoms with Crippen molar-refractivity contribution in [1.29, 1.82) is 0 Å². The summed E-state index contributed by atoms with van der Waals surface area (Å²) in [7, 11) is -3.37. The van der Waals surface area contributed by atoms with Gasteiger partial charge in [0.05, 0.1) is 11.4 Å². The summed E-state index contributed by atoms with van der Waals surface area (Å²) in [6.07, 6.45) is 0. The summed E-state index contributed by atoms with van der Waals surface area (Å²) >= 11 is 0. The number of aliphatic hydroxyl groups is 1. The van der Waals surface area contributed by atoms with Crippen molar-refractivity contribution in [2.45, 2.75) is 27.7 Å². The van der Waals surface area contributed by atoms with Crippen molar-refractivity contribution in [3.63, 3.8) is 0 Å². The quantitative estimate of drug-likeness (QED) is 0.840. The molecule has 0 amide bonds. The Labute approximate surface area is 121 Å². The van der Waals surface area contributed by atoms with E-state index in [1.165, 1.54) is 0 Å². The number of anilines is 1. The summed E-state index contributed by atoms with van der Waals surface area (Å²) in [5, 5.41) is 8.65. The van der Waals surface area contributed by atoms with E-state index in [9.17, 15) is 8.42 Å². The molecule has 0 heterocycles. The van der Waals surface area contributed by atoms with Gasteiger partial charge in [-0.1, -0.05) is 32.6 Å². The number of aryl methyl sites for hydroxylation is 1. The Kier molecular flexibility index (Phi) is 5.21. The lowest BCUT2D eigenvalue weighted by Gasteiger charge is -2.19. The first-order valence-electron chi connectivity index (χ1n) is 6.34. The largest absolute Gasteiger partial charge is 0.384 e. The molecule has 1 rings (SSSR count). The van der Waals surface area contributed by atoms with Crippen LogP contribution < -0.4 is 4.72 Å². The lowest BCUT2D eigenvalue weighted by atomic mass is 10.0. The predicted octanol–water partition coefficient (Wildman–Crippen LogP) is 2.13. The lowest BCUT2D eigenvalue weighted by Crippen LogP contribution is -2.26. The van der Waals surface area contributed by atoms with Crippen LogP contribution >= 0.6 is 0 Å². The van der Waals surface area contributed by atoms with Crippen molar-refractivity contribution in [3.8, 4) is 11.8 Å². The van der Waals surface area contributed by atoms with Crippen molar-refractivity contribution in [1.82, 2.24) is 0 Å². The normalized spacial score (nSPS) is 11.7. The number of aliphatic hydroxyl groups excluding tert-OH is 1. The Morgan fingerprint density at radius 2 is 1.95 bits per heavy atom. The van der Waals surface area contributed by atoms with E-state index < -0.39 is 10.0 Å². The van der Waals surface area contributed by atoms with Gasteiger partial charge in [0.1, 0.15) is 6.61 Å². The minimum atomic E-state index is -3.37. The molecule has 0 spiro atoms. The van der Waals surface area contributed by atoms with Gasteiger partial charge in [0.15, 0.2) is 0 Å². The van der Waals surface area contributed by atoms with Crippen LogP contribution in [0.4, 0.5) is 5.69 Å². The maximum absolute atomic E-state index is 12.1. The fourth-order valence-electron chi connectivity index (χ4n) is 1.77. The van der Waals surface area contributed by atoms with Gasteiger partial charge >= 0.3 is 0 Å². The van der Waals surface area contributed by atoms with Crippen LogP contribution in [0.25, 0.3) is 0 Å². The second-order valence-electron chi connectivity index (χ2n) is 5.91. The molecule has 4 nitrogen and oxygen atoms in total. The van der Waals surface area contributed by atoms with Crippen molar-refractivity contribution >= 4 is 15.7 Å². The minimum absolute atomic E-state index is 0.0610. The third-order valence-corrected chi connectivity index (χ3v) is 4.20. The molecule has 0 aliphatic rings. The average Bonchev–Trinajstić information content (AvgIpc) is 2.26. The van der Waals surface area contributed by atoms with E-state index in [0.717, 1.165) is 11.1 Å². The summed E-state index contributed by atoms with van der Waals surface area (Å²) in [5.41, 5.74) is 1.80. The van der Waals surface area contributed by atoms with Gasteiger partial charge in [-0.05, 0) is 36.1 Å². The summed E-state index contributed by atoms with van der Waals surface area (Å²) in [4.78, 5) is 0. The van der Waals surface area contributed by atoms with Crippen LogP contribution in [0.3, 0.4) is 0 Å². The minimum Gasteiger partial charge on any atom is -0.384 e. The number of hydrogen-bond donors (Lipinski definition) is 2. The SMILES string of the molecule is Cc1cc(C#CCO)ccc1NS(=O)(=O)CC(C)(C)C. The first-order valence-corrected chi connectivity index (χ1v) is 7.99. The molecule has 0 unspecified atom stereocenters. The van der Waals surface area contributed by atoms with Crippen molar-refractivity contribution < 1.29 is 13.5 Å². The van der Waals surface area contributed by atoms with E-state index in [0.29, 0.717) is 5.69 Å². The van der Waals surface area contributed by atoms with E-state index in [2.05, 4.69) is 16.6 Å². The van der Waals surface area contributed by atoms with Crippen LogP contribution in [0.15, 0.2) is 18.2 Å². The number of benzene rings is 1. The fraction of sp³-hybridized carbons (Fsp3) is 0.467. The summed E-state index contributed by atoms with van der Waals surface area (Å²) in [6.45, 7) is 7.27. The molecule has 0 atom stereocenters. The van der Waals surface area contributed by atoms with E-state index in [4.69, 9.17) is 5.11 Å². The molecule has 110 valence electrons. The van der Waals surface area contributed by atoms with Gasteiger partial charge in [0.25, 0.3) is 0 Å². The van der Waals surface area contributed by atoms with Crippen molar-refractivity contribution in [2.75, 3.05) is 17.1 Å². The number of nitrogens with one attached hydrogen (secondary N) is 1. The molecule has 0 aliphatic carbocycles. The Balaban J connectivity index is 2.94. The Morgan fingerprint density at radius 1 is 1.30 bits per heavy atom. The van der Waals surface area contributed by atoms with Gasteiger partial charge in [-0.3, -0.25) is 4.72 Å². The highest BCUT2D eigenvalue weighted by Crippen LogP contribution is 2.21. The smallest absolute Gasteiger partial charge is 0.233 e. The molecule has 0 saturated carbocycles. The van der Waals surface area contributed by atoms with E-state index in [-0.39, 0.29) is 17.8 Å². The summed E-state index contributed by atoms with van der Waals surface area (Å²) in [6, 6.07) is 5.21. The van der Waals surface area contributed by atoms with Crippen LogP contribution in [-0.4, -0.2) is 25.9 Å². The van der Waals surface area contributed by atoms with Gasteiger partial charge < -0.3 is 5.11 Å². The second kappa shape index (κ2) is 6.29. The van der Waals surface area contributed by atoms with Crippen LogP contribution in [0.1, 0.15) is 31.9 Å². The highest BCUT2D eigenvalue weighted by molar-refractivity contribution is 7.92. The summed E-state index contributed by atoms with van der Waals surface area (Å²) in [5.74, 6) is 5.40. The van der Waals surface area contributed by atoms with Crippen LogP contribution in [0, 0.1) is 24.2 Å². The summed E-state index contributed by atoms with van der Waals surface area (Å²) < 4.78 is 26.7. The average molecular weight is 295 g/mol. The van der Waals surface area contributed by atoms with E-state index >= 15 is 0 Å². The zero-order chi connectivity index (χ0) is 15.4. The lowest BCUT2D eigenvalue weighted by molar-refractivity contribution is 0.350. The molecule has 0 fully saturated rings. The molecule has 0 aliphatic heterocycles. The van der Waals surface area contributed by atoms with Crippen molar-refractivity contribution in [2.24, 2.45) is 5.41 Å². The van der Waals surface area contributed by atoms with Crippen molar-refractivity contribution in [3.05, 3.63) is 29.3 Å². The second-order valence-corrected chi connectivity index (χ2v) is 7.63. The third kappa shape index (κ3) is 5.64. The molecule has 0 aromatic heterocycles. The topological polar surface area (TPSA) is 66.4 Å². The molecule has 20 heavy (non-hydrogen) atoms. The van der Waals surface area contributed by atoms with Gasteiger partial charge in [0.2, 0.25) is 10.0 Å². The van der Waals surface area contributed by atoms with Gasteiger partial charge in [-0.2, -0.15) is 0 Å². The number of hydrogen-bond acceptors (Lipinski definition) is 3. The number of sulfonamides is 1. The van der Waals surface area contributed by atoms with E-state index in [1.54, 1.807) is 18.2 Å². The van der Waals surface area contributed by atoms with Gasteiger partial charge in [-0.15, -0.1) is 0 Å². The highest BCUT2D eigenvalue weighted by Gasteiger charge is 2.21. The highest BCUT2D eigenvalue weighted by atomic mass is 32.2. The third-order valence-electron chi connectivity index (χ3n) is 2.43. The Bertz CT molecular complexity index is 631. The fourth-order valence-corrected chi connectivity index (χ4v) is 3.55. The number of rotatable bonds is 3. The maximum atomic E-state index is 12.1. The van der Waals surface area contributed by atoms with Gasteiger partial charge in [-0.25, -0.2) is 8.42 Å². The molecule has 0 bridgehead atoms. The molecule has 2 N–H and O–H groups in total. The van der Waals surface area contributed by atoms with Gasteiger partial charge in [0, 0.05) is 5.56 Å².